The van der Waals surface area contributed by atoms with Crippen molar-refractivity contribution in [1.29, 1.82) is 0 Å². The molecule has 0 unspecified atom stereocenters. The van der Waals surface area contributed by atoms with Crippen LogP contribution >= 0.6 is 0 Å². The number of rotatable bonds is 6. The number of nitrogens with zero attached hydrogens (tertiary/aromatic N) is 1. The molecule has 0 spiro atoms. The zero-order valence-electron chi connectivity index (χ0n) is 20.4. The molecule has 1 aliphatic rings. The van der Waals surface area contributed by atoms with Crippen LogP contribution in [0.3, 0.4) is 0 Å². The van der Waals surface area contributed by atoms with Crippen molar-refractivity contribution in [2.24, 2.45) is 0 Å². The second kappa shape index (κ2) is 9.00. The lowest BCUT2D eigenvalue weighted by atomic mass is 9.81. The van der Waals surface area contributed by atoms with Crippen LogP contribution in [0.5, 0.6) is 0 Å². The van der Waals surface area contributed by atoms with Crippen LogP contribution in [0.15, 0.2) is 83.3 Å². The molecule has 36 heavy (non-hydrogen) atoms. The number of fused-ring (bicyclic) bond motifs is 1. The van der Waals surface area contributed by atoms with Gasteiger partial charge < -0.3 is 15.1 Å². The molecule has 4 aromatic rings. The van der Waals surface area contributed by atoms with E-state index in [0.717, 1.165) is 27.0 Å². The Hall–Kier alpha value is -4.39. The smallest absolute Gasteiger partial charge is 0.326 e. The molecule has 4 amide bonds. The highest BCUT2D eigenvalue weighted by molar-refractivity contribution is 6.11. The van der Waals surface area contributed by atoms with Crippen LogP contribution in [0, 0.1) is 13.8 Å². The van der Waals surface area contributed by atoms with Crippen molar-refractivity contribution in [3.8, 4) is 0 Å². The van der Waals surface area contributed by atoms with Crippen LogP contribution in [0.4, 0.5) is 4.79 Å². The molecule has 7 heteroatoms. The highest BCUT2D eigenvalue weighted by atomic mass is 16.3. The second-order valence-electron chi connectivity index (χ2n) is 9.21. The van der Waals surface area contributed by atoms with Crippen LogP contribution in [-0.2, 0) is 15.1 Å². The molecular weight excluding hydrogens is 454 g/mol. The normalized spacial score (nSPS) is 18.4. The molecule has 0 bridgehead atoms. The van der Waals surface area contributed by atoms with Gasteiger partial charge in [-0.15, -0.1) is 0 Å². The third-order valence-corrected chi connectivity index (χ3v) is 6.80. The van der Waals surface area contributed by atoms with Crippen LogP contribution < -0.4 is 10.6 Å². The van der Waals surface area contributed by atoms with Crippen molar-refractivity contribution in [2.45, 2.75) is 32.4 Å². The Labute approximate surface area is 209 Å². The first-order valence-electron chi connectivity index (χ1n) is 11.8. The maximum atomic E-state index is 13.9. The van der Waals surface area contributed by atoms with Gasteiger partial charge in [0.25, 0.3) is 5.91 Å². The SMILES string of the molecule is Cc1ccc([C@]2(c3ccccc3)NC(=O)N(CC(=O)N[C@@H](C)c3cc4ccccc4o3)C2=O)cc1C. The molecule has 0 saturated carbocycles. The zero-order valence-corrected chi connectivity index (χ0v) is 20.4. The fourth-order valence-electron chi connectivity index (χ4n) is 4.66. The zero-order chi connectivity index (χ0) is 25.4. The Bertz CT molecular complexity index is 1440. The molecule has 1 saturated heterocycles. The molecule has 1 fully saturated rings. The summed E-state index contributed by atoms with van der Waals surface area (Å²) < 4.78 is 5.84. The van der Waals surface area contributed by atoms with Gasteiger partial charge in [0.05, 0.1) is 6.04 Å². The Kier molecular flexibility index (Phi) is 5.84. The third kappa shape index (κ3) is 3.92. The number of imide groups is 1. The van der Waals surface area contributed by atoms with Gasteiger partial charge in [-0.25, -0.2) is 4.79 Å². The van der Waals surface area contributed by atoms with Crippen molar-refractivity contribution < 1.29 is 18.8 Å². The fourth-order valence-corrected chi connectivity index (χ4v) is 4.66. The summed E-state index contributed by atoms with van der Waals surface area (Å²) in [7, 11) is 0. The van der Waals surface area contributed by atoms with Crippen molar-refractivity contribution >= 4 is 28.8 Å². The van der Waals surface area contributed by atoms with Gasteiger partial charge in [0.1, 0.15) is 17.9 Å². The summed E-state index contributed by atoms with van der Waals surface area (Å²) in [6.45, 7) is 5.34. The first kappa shape index (κ1) is 23.4. The molecule has 182 valence electrons. The summed E-state index contributed by atoms with van der Waals surface area (Å²) in [4.78, 5) is 40.9. The largest absolute Gasteiger partial charge is 0.459 e. The number of carbonyl (C=O) groups excluding carboxylic acids is 3. The fraction of sp³-hybridized carbons (Fsp3) is 0.207. The number of nitrogens with one attached hydrogen (secondary N) is 2. The highest BCUT2D eigenvalue weighted by Gasteiger charge is 2.54. The van der Waals surface area contributed by atoms with Crippen LogP contribution in [0.1, 0.15) is 41.0 Å². The number of para-hydroxylation sites is 1. The van der Waals surface area contributed by atoms with Crippen molar-refractivity contribution in [3.05, 3.63) is 107 Å². The lowest BCUT2D eigenvalue weighted by Gasteiger charge is -2.28. The highest BCUT2D eigenvalue weighted by Crippen LogP contribution is 2.37. The minimum atomic E-state index is -1.42. The molecule has 2 heterocycles. The predicted octanol–water partition coefficient (Wildman–Crippen LogP) is 4.72. The average Bonchev–Trinajstić information content (AvgIpc) is 3.42. The number of benzene rings is 3. The number of aryl methyl sites for hydroxylation is 2. The van der Waals surface area contributed by atoms with Crippen LogP contribution in [-0.4, -0.2) is 29.3 Å². The number of hydrogen-bond donors (Lipinski definition) is 2. The summed E-state index contributed by atoms with van der Waals surface area (Å²) >= 11 is 0. The topological polar surface area (TPSA) is 91.7 Å². The summed E-state index contributed by atoms with van der Waals surface area (Å²) in [6, 6.07) is 23.2. The minimum Gasteiger partial charge on any atom is -0.459 e. The maximum absolute atomic E-state index is 13.9. The lowest BCUT2D eigenvalue weighted by Crippen LogP contribution is -2.46. The van der Waals surface area contributed by atoms with Crippen LogP contribution in [0.25, 0.3) is 11.0 Å². The number of amides is 4. The van der Waals surface area contributed by atoms with Gasteiger partial charge in [-0.3, -0.25) is 14.5 Å². The van der Waals surface area contributed by atoms with E-state index in [2.05, 4.69) is 10.6 Å². The van der Waals surface area contributed by atoms with E-state index in [0.29, 0.717) is 16.9 Å². The Morgan fingerprint density at radius 3 is 2.39 bits per heavy atom. The van der Waals surface area contributed by atoms with E-state index in [4.69, 9.17) is 4.42 Å². The lowest BCUT2D eigenvalue weighted by molar-refractivity contribution is -0.134. The molecular formula is C29H27N3O4. The van der Waals surface area contributed by atoms with E-state index >= 15 is 0 Å². The van der Waals surface area contributed by atoms with Gasteiger partial charge in [0.2, 0.25) is 5.91 Å². The maximum Gasteiger partial charge on any atom is 0.326 e. The minimum absolute atomic E-state index is 0.408. The number of carbonyl (C=O) groups is 3. The monoisotopic (exact) mass is 481 g/mol. The number of furan rings is 1. The molecule has 5 rings (SSSR count). The Morgan fingerprint density at radius 2 is 1.67 bits per heavy atom. The molecule has 0 aliphatic carbocycles. The van der Waals surface area contributed by atoms with Crippen molar-refractivity contribution in [2.75, 3.05) is 6.54 Å². The summed E-state index contributed by atoms with van der Waals surface area (Å²) in [6.07, 6.45) is 0. The predicted molar refractivity (Wildman–Crippen MR) is 136 cm³/mol. The third-order valence-electron chi connectivity index (χ3n) is 6.80. The number of hydrogen-bond acceptors (Lipinski definition) is 4. The molecule has 1 aliphatic heterocycles. The van der Waals surface area contributed by atoms with Gasteiger partial charge in [-0.1, -0.05) is 66.7 Å². The molecule has 7 nitrogen and oxygen atoms in total. The standard InChI is InChI=1S/C29H27N3O4/c1-18-13-14-23(15-19(18)2)29(22-10-5-4-6-11-22)27(34)32(28(35)31-29)17-26(33)30-20(3)25-16-21-9-7-8-12-24(21)36-25/h4-16,20H,17H2,1-3H3,(H,30,33)(H,31,35)/t20-,29-/m0/s1. The summed E-state index contributed by atoms with van der Waals surface area (Å²) in [5.74, 6) is -0.362. The van der Waals surface area contributed by atoms with E-state index in [1.807, 2.05) is 80.6 Å². The Morgan fingerprint density at radius 1 is 0.944 bits per heavy atom. The Balaban J connectivity index is 1.41. The van der Waals surface area contributed by atoms with Crippen LogP contribution in [0.2, 0.25) is 0 Å². The summed E-state index contributed by atoms with van der Waals surface area (Å²) in [5.41, 5.74) is 2.67. The van der Waals surface area contributed by atoms with Crippen molar-refractivity contribution in [3.63, 3.8) is 0 Å². The van der Waals surface area contributed by atoms with Gasteiger partial charge in [0, 0.05) is 5.39 Å². The first-order valence-corrected chi connectivity index (χ1v) is 11.8. The van der Waals surface area contributed by atoms with Gasteiger partial charge in [-0.05, 0) is 55.2 Å². The van der Waals surface area contributed by atoms with Crippen molar-refractivity contribution in [1.82, 2.24) is 15.5 Å². The summed E-state index contributed by atoms with van der Waals surface area (Å²) in [5, 5.41) is 6.67. The first-order chi connectivity index (χ1) is 17.3. The molecule has 0 radical (unpaired) electrons. The number of urea groups is 1. The quantitative estimate of drug-likeness (QED) is 0.390. The van der Waals surface area contributed by atoms with Gasteiger partial charge >= 0.3 is 6.03 Å². The van der Waals surface area contributed by atoms with E-state index in [9.17, 15) is 14.4 Å². The molecule has 1 aromatic heterocycles. The molecule has 2 atom stereocenters. The molecule has 3 aromatic carbocycles. The van der Waals surface area contributed by atoms with E-state index in [1.54, 1.807) is 19.1 Å². The second-order valence-corrected chi connectivity index (χ2v) is 9.21. The van der Waals surface area contributed by atoms with E-state index < -0.39 is 36.0 Å². The van der Waals surface area contributed by atoms with E-state index in [1.165, 1.54) is 0 Å². The van der Waals surface area contributed by atoms with E-state index in [-0.39, 0.29) is 0 Å². The average molecular weight is 482 g/mol. The van der Waals surface area contributed by atoms with Gasteiger partial charge in [-0.2, -0.15) is 0 Å². The van der Waals surface area contributed by atoms with Gasteiger partial charge in [0.15, 0.2) is 5.54 Å². The molecule has 2 N–H and O–H groups in total.